The van der Waals surface area contributed by atoms with Crippen LogP contribution in [0.15, 0.2) is 53.1 Å². The monoisotopic (exact) mass is 358 g/mol. The molecule has 1 N–H and O–H groups in total. The lowest BCUT2D eigenvalue weighted by Gasteiger charge is -2.47. The molecular formula is C20H14N4O3. The zero-order valence-corrected chi connectivity index (χ0v) is 14.3. The van der Waals surface area contributed by atoms with Gasteiger partial charge in [0.15, 0.2) is 11.5 Å². The van der Waals surface area contributed by atoms with Gasteiger partial charge in [0.2, 0.25) is 17.1 Å². The maximum absolute atomic E-state index is 10.1. The first-order valence-corrected chi connectivity index (χ1v) is 8.31. The molecule has 2 aliphatic heterocycles. The van der Waals surface area contributed by atoms with Crippen LogP contribution < -0.4 is 0 Å². The third-order valence-corrected chi connectivity index (χ3v) is 5.65. The Bertz CT molecular complexity index is 1010. The Kier molecular flexibility index (Phi) is 3.40. The molecule has 2 aromatic rings. The van der Waals surface area contributed by atoms with E-state index in [0.29, 0.717) is 5.56 Å². The first kappa shape index (κ1) is 16.8. The fraction of sp³-hybridized carbons (Fsp3) is 0.300. The van der Waals surface area contributed by atoms with E-state index in [1.807, 2.05) is 18.2 Å². The van der Waals surface area contributed by atoms with Gasteiger partial charge in [-0.05, 0) is 12.1 Å². The number of hydrogen-bond acceptors (Lipinski definition) is 7. The van der Waals surface area contributed by atoms with Gasteiger partial charge in [-0.3, -0.25) is 5.41 Å². The van der Waals surface area contributed by atoms with Crippen molar-refractivity contribution in [3.63, 3.8) is 0 Å². The molecule has 2 bridgehead atoms. The van der Waals surface area contributed by atoms with Crippen molar-refractivity contribution in [2.75, 3.05) is 0 Å². The molecule has 27 heavy (non-hydrogen) atoms. The largest absolute Gasteiger partial charge is 0.466 e. The van der Waals surface area contributed by atoms with Crippen LogP contribution >= 0.6 is 0 Å². The van der Waals surface area contributed by atoms with Crippen molar-refractivity contribution in [2.45, 2.75) is 18.8 Å². The average Bonchev–Trinajstić information content (AvgIpc) is 3.28. The highest BCUT2D eigenvalue weighted by Crippen LogP contribution is 2.68. The highest BCUT2D eigenvalue weighted by atomic mass is 16.7. The van der Waals surface area contributed by atoms with E-state index in [2.05, 4.69) is 6.07 Å². The minimum atomic E-state index is -2.01. The fourth-order valence-electron chi connectivity index (χ4n) is 4.23. The van der Waals surface area contributed by atoms with E-state index in [1.165, 1.54) is 6.26 Å². The van der Waals surface area contributed by atoms with Gasteiger partial charge < -0.3 is 13.9 Å². The molecule has 2 fully saturated rings. The van der Waals surface area contributed by atoms with Crippen molar-refractivity contribution in [1.82, 2.24) is 0 Å². The Hall–Kier alpha value is -3.60. The Labute approximate surface area is 155 Å². The summed E-state index contributed by atoms with van der Waals surface area (Å²) in [6, 6.07) is 18.1. The number of nitrogens with one attached hydrogen (secondary N) is 1. The average molecular weight is 358 g/mol. The van der Waals surface area contributed by atoms with Crippen molar-refractivity contribution >= 4 is 5.90 Å². The van der Waals surface area contributed by atoms with Crippen molar-refractivity contribution in [2.24, 2.45) is 16.7 Å². The van der Waals surface area contributed by atoms with Crippen molar-refractivity contribution in [3.05, 3.63) is 60.1 Å². The molecule has 4 rings (SSSR count). The smallest absolute Gasteiger partial charge is 0.244 e. The molecule has 7 nitrogen and oxygen atoms in total. The van der Waals surface area contributed by atoms with Crippen LogP contribution in [0.1, 0.15) is 24.4 Å². The normalized spacial score (nSPS) is 33.3. The molecule has 0 spiro atoms. The summed E-state index contributed by atoms with van der Waals surface area (Å²) in [6.45, 7) is 1.67. The van der Waals surface area contributed by atoms with Crippen molar-refractivity contribution in [1.29, 1.82) is 21.2 Å². The van der Waals surface area contributed by atoms with Gasteiger partial charge in [0, 0.05) is 5.56 Å². The van der Waals surface area contributed by atoms with E-state index < -0.39 is 34.5 Å². The van der Waals surface area contributed by atoms with Gasteiger partial charge in [0.05, 0.1) is 30.4 Å². The van der Waals surface area contributed by atoms with Gasteiger partial charge in [0.1, 0.15) is 5.76 Å². The van der Waals surface area contributed by atoms with Crippen molar-refractivity contribution in [3.8, 4) is 18.2 Å². The second-order valence-electron chi connectivity index (χ2n) is 6.65. The molecule has 1 aromatic carbocycles. The van der Waals surface area contributed by atoms with Gasteiger partial charge in [0.25, 0.3) is 0 Å². The topological polar surface area (TPSA) is 127 Å². The molecule has 4 atom stereocenters. The van der Waals surface area contributed by atoms with Crippen LogP contribution in [-0.4, -0.2) is 5.90 Å². The van der Waals surface area contributed by atoms with E-state index >= 15 is 0 Å². The number of hydrogen-bond donors (Lipinski definition) is 1. The Morgan fingerprint density at radius 1 is 1.00 bits per heavy atom. The van der Waals surface area contributed by atoms with Crippen LogP contribution in [0, 0.1) is 56.2 Å². The third-order valence-electron chi connectivity index (χ3n) is 5.65. The number of nitrogens with zero attached hydrogens (tertiary/aromatic N) is 3. The minimum absolute atomic E-state index is 0.225. The fourth-order valence-corrected chi connectivity index (χ4v) is 4.23. The maximum Gasteiger partial charge on any atom is 0.244 e. The summed E-state index contributed by atoms with van der Waals surface area (Å²) in [5.41, 5.74) is -3.23. The SMILES string of the molecule is CC1C2(c3ccccc3)OC(=N)C1(C#N)C(C#N)(C#N)C(c1ccco1)O2. The molecular weight excluding hydrogens is 344 g/mol. The van der Waals surface area contributed by atoms with Crippen molar-refractivity contribution < 1.29 is 13.9 Å². The molecule has 2 saturated heterocycles. The summed E-state index contributed by atoms with van der Waals surface area (Å²) in [7, 11) is 0. The molecule has 0 saturated carbocycles. The van der Waals surface area contributed by atoms with E-state index in [4.69, 9.17) is 19.3 Å². The Balaban J connectivity index is 2.05. The quantitative estimate of drug-likeness (QED) is 0.876. The number of furan rings is 1. The van der Waals surface area contributed by atoms with Gasteiger partial charge in [-0.2, -0.15) is 15.8 Å². The second kappa shape index (κ2) is 5.45. The first-order valence-electron chi connectivity index (χ1n) is 8.31. The lowest BCUT2D eigenvalue weighted by atomic mass is 9.54. The number of ether oxygens (including phenoxy) is 2. The molecule has 0 radical (unpaired) electrons. The summed E-state index contributed by atoms with van der Waals surface area (Å²) >= 11 is 0. The van der Waals surface area contributed by atoms with Crippen LogP contribution in [0.25, 0.3) is 0 Å². The Morgan fingerprint density at radius 2 is 1.70 bits per heavy atom. The minimum Gasteiger partial charge on any atom is -0.466 e. The summed E-state index contributed by atoms with van der Waals surface area (Å²) in [4.78, 5) is 0. The van der Waals surface area contributed by atoms with Gasteiger partial charge in [-0.15, -0.1) is 0 Å². The number of nitriles is 3. The highest BCUT2D eigenvalue weighted by molar-refractivity contribution is 5.89. The van der Waals surface area contributed by atoms with Gasteiger partial charge in [-0.25, -0.2) is 0 Å². The standard InChI is InChI=1S/C20H14N4O3/c1-13-19(12-23)17(24)27-20(13,14-6-3-2-4-7-14)26-16(15-8-5-9-25-15)18(19,10-21)11-22/h2-9,13,16,24H,1H3. The third kappa shape index (κ3) is 1.73. The van der Waals surface area contributed by atoms with Gasteiger partial charge in [-0.1, -0.05) is 37.3 Å². The molecule has 132 valence electrons. The highest BCUT2D eigenvalue weighted by Gasteiger charge is 2.80. The molecule has 4 unspecified atom stereocenters. The number of fused-ring (bicyclic) bond motifs is 2. The molecule has 7 heteroatoms. The van der Waals surface area contributed by atoms with E-state index in [9.17, 15) is 15.8 Å². The van der Waals surface area contributed by atoms with Crippen LogP contribution in [0.5, 0.6) is 0 Å². The zero-order valence-electron chi connectivity index (χ0n) is 14.3. The number of rotatable bonds is 2. The van der Waals surface area contributed by atoms with E-state index in [1.54, 1.807) is 43.3 Å². The molecule has 1 aromatic heterocycles. The summed E-state index contributed by atoms with van der Waals surface area (Å²) in [5.74, 6) is -2.49. The lowest BCUT2D eigenvalue weighted by Crippen LogP contribution is -2.57. The van der Waals surface area contributed by atoms with Crippen LogP contribution in [0.2, 0.25) is 0 Å². The second-order valence-corrected chi connectivity index (χ2v) is 6.65. The molecule has 2 aliphatic rings. The molecule has 0 amide bonds. The first-order chi connectivity index (χ1) is 13.0. The van der Waals surface area contributed by atoms with Gasteiger partial charge >= 0.3 is 0 Å². The summed E-state index contributed by atoms with van der Waals surface area (Å²) < 4.78 is 17.5. The summed E-state index contributed by atoms with van der Waals surface area (Å²) in [6.07, 6.45) is 0.194. The Morgan fingerprint density at radius 3 is 2.26 bits per heavy atom. The summed E-state index contributed by atoms with van der Waals surface area (Å²) in [5, 5.41) is 38.6. The maximum atomic E-state index is 10.1. The number of benzene rings is 1. The predicted molar refractivity (Wildman–Crippen MR) is 90.3 cm³/mol. The molecule has 0 aliphatic carbocycles. The lowest BCUT2D eigenvalue weighted by molar-refractivity contribution is -0.292. The van der Waals surface area contributed by atoms with Crippen LogP contribution in [-0.2, 0) is 15.3 Å². The molecule has 3 heterocycles. The predicted octanol–water partition coefficient (Wildman–Crippen LogP) is 3.39. The van der Waals surface area contributed by atoms with E-state index in [-0.39, 0.29) is 5.76 Å². The zero-order chi connectivity index (χ0) is 19.3. The van der Waals surface area contributed by atoms with Crippen LogP contribution in [0.3, 0.4) is 0 Å². The van der Waals surface area contributed by atoms with E-state index in [0.717, 1.165) is 0 Å². The van der Waals surface area contributed by atoms with Crippen LogP contribution in [0.4, 0.5) is 0 Å².